The summed E-state index contributed by atoms with van der Waals surface area (Å²) in [6.07, 6.45) is 14.0. The van der Waals surface area contributed by atoms with Crippen LogP contribution >= 0.6 is 0 Å². The molecule has 59 heavy (non-hydrogen) atoms. The van der Waals surface area contributed by atoms with E-state index in [9.17, 15) is 0 Å². The molecule has 2 aliphatic carbocycles. The number of hydrogen-bond donors (Lipinski definition) is 0. The molecular formula is C59H70. The maximum absolute atomic E-state index is 2.34. The first kappa shape index (κ1) is 46.2. The summed E-state index contributed by atoms with van der Waals surface area (Å²) < 4.78 is 0. The van der Waals surface area contributed by atoms with Crippen LogP contribution in [0.5, 0.6) is 0 Å². The van der Waals surface area contributed by atoms with Crippen molar-refractivity contribution in [2.24, 2.45) is 0 Å². The standard InChI is InChI=1S/C24H24.C24H26.C7H8.2C2H6/c1-17-13-15-19(16-14-17)22-11-6-12-23(24(22)20-8-5-9-20)21-10-4-3-7-18(21)2;1-17(2)20-12-14-21(15-13-20)22-11-10-19(4)24(16-22)23-9-7-5-6-8-18(23)3;1-7-5-3-2-4-6-7;2*1-2/h3-4,6-7,10-16,20H,5,8-9H2,1-2H3;6-17H,5H2,1-4H3;2-6H,1H3;2*1-2H3. The molecule has 1 fully saturated rings. The molecule has 2 aliphatic rings. The van der Waals surface area contributed by atoms with Crippen LogP contribution in [0, 0.1) is 27.7 Å². The zero-order chi connectivity index (χ0) is 42.7. The first-order valence-electron chi connectivity index (χ1n) is 22.2. The second kappa shape index (κ2) is 23.8. The second-order valence-electron chi connectivity index (χ2n) is 15.7. The maximum Gasteiger partial charge on any atom is -0.0140 e. The molecule has 0 unspecified atom stereocenters. The van der Waals surface area contributed by atoms with E-state index in [1.165, 1.54) is 97.2 Å². The van der Waals surface area contributed by atoms with E-state index in [-0.39, 0.29) is 0 Å². The van der Waals surface area contributed by atoms with Gasteiger partial charge in [-0.1, -0.05) is 217 Å². The molecule has 0 nitrogen and oxygen atoms in total. The molecule has 0 aliphatic heterocycles. The minimum atomic E-state index is 0.573. The molecule has 0 heteroatoms. The van der Waals surface area contributed by atoms with Crippen molar-refractivity contribution < 1.29 is 0 Å². The molecule has 6 aromatic rings. The highest BCUT2D eigenvalue weighted by Crippen LogP contribution is 2.46. The average Bonchev–Trinajstić information content (AvgIpc) is 3.47. The summed E-state index contributed by atoms with van der Waals surface area (Å²) in [6, 6.07) is 50.7. The van der Waals surface area contributed by atoms with Gasteiger partial charge in [0.2, 0.25) is 0 Å². The molecule has 0 saturated heterocycles. The number of allylic oxidation sites excluding steroid dienone is 6. The lowest BCUT2D eigenvalue weighted by molar-refractivity contribution is 0.421. The highest BCUT2D eigenvalue weighted by atomic mass is 14.3. The Morgan fingerprint density at radius 3 is 1.59 bits per heavy atom. The van der Waals surface area contributed by atoms with Crippen molar-refractivity contribution in [3.8, 4) is 33.4 Å². The Bertz CT molecular complexity index is 2250. The molecule has 306 valence electrons. The zero-order valence-electron chi connectivity index (χ0n) is 38.1. The number of hydrogen-bond acceptors (Lipinski definition) is 0. The van der Waals surface area contributed by atoms with E-state index in [0.29, 0.717) is 11.8 Å². The fourth-order valence-corrected chi connectivity index (χ4v) is 7.52. The zero-order valence-corrected chi connectivity index (χ0v) is 38.1. The lowest BCUT2D eigenvalue weighted by Gasteiger charge is -2.31. The Kier molecular flexibility index (Phi) is 18.7. The SMILES string of the molecule is CC.CC.CC1=C(c2cc(-c3ccc(C(C)C)cc3)ccc2C)C=CCC=C1.Cc1ccc(-c2cccc(-c3ccccc3C)c2C2CCC2)cc1.Cc1ccccc1. The molecule has 6 aromatic carbocycles. The summed E-state index contributed by atoms with van der Waals surface area (Å²) in [5.41, 5.74) is 20.4. The van der Waals surface area contributed by atoms with Gasteiger partial charge in [-0.05, 0) is 144 Å². The van der Waals surface area contributed by atoms with Gasteiger partial charge in [-0.15, -0.1) is 0 Å². The molecule has 0 heterocycles. The van der Waals surface area contributed by atoms with Crippen LogP contribution in [-0.4, -0.2) is 0 Å². The van der Waals surface area contributed by atoms with Crippen molar-refractivity contribution in [2.75, 3.05) is 0 Å². The van der Waals surface area contributed by atoms with Gasteiger partial charge in [-0.25, -0.2) is 0 Å². The van der Waals surface area contributed by atoms with E-state index in [0.717, 1.165) is 6.42 Å². The third-order valence-corrected chi connectivity index (χ3v) is 11.1. The van der Waals surface area contributed by atoms with Gasteiger partial charge >= 0.3 is 0 Å². The second-order valence-corrected chi connectivity index (χ2v) is 15.7. The van der Waals surface area contributed by atoms with Crippen LogP contribution in [0.25, 0.3) is 39.0 Å². The number of aryl methyl sites for hydroxylation is 4. The summed E-state index contributed by atoms with van der Waals surface area (Å²) in [7, 11) is 0. The summed E-state index contributed by atoms with van der Waals surface area (Å²) in [4.78, 5) is 0. The highest BCUT2D eigenvalue weighted by Gasteiger charge is 2.26. The predicted octanol–water partition coefficient (Wildman–Crippen LogP) is 18.0. The molecule has 0 spiro atoms. The number of rotatable bonds is 6. The van der Waals surface area contributed by atoms with Gasteiger partial charge in [0.1, 0.15) is 0 Å². The summed E-state index contributed by atoms with van der Waals surface area (Å²) >= 11 is 0. The Morgan fingerprint density at radius 1 is 0.458 bits per heavy atom. The summed E-state index contributed by atoms with van der Waals surface area (Å²) in [5, 5.41) is 0. The minimum Gasteiger partial charge on any atom is -0.0805 e. The first-order valence-corrected chi connectivity index (χ1v) is 22.2. The normalized spacial score (nSPS) is 12.9. The Labute approximate surface area is 359 Å². The minimum absolute atomic E-state index is 0.573. The molecule has 0 aromatic heterocycles. The van der Waals surface area contributed by atoms with Crippen LogP contribution in [0.15, 0.2) is 169 Å². The Hall–Kier alpha value is -5.46. The van der Waals surface area contributed by atoms with Crippen molar-refractivity contribution in [2.45, 2.75) is 114 Å². The van der Waals surface area contributed by atoms with Crippen LogP contribution in [0.3, 0.4) is 0 Å². The topological polar surface area (TPSA) is 0 Å². The summed E-state index contributed by atoms with van der Waals surface area (Å²) in [6.45, 7) is 23.3. The van der Waals surface area contributed by atoms with Gasteiger partial charge in [0.25, 0.3) is 0 Å². The lowest BCUT2D eigenvalue weighted by Crippen LogP contribution is -2.11. The van der Waals surface area contributed by atoms with E-state index in [1.807, 2.05) is 45.9 Å². The van der Waals surface area contributed by atoms with E-state index in [1.54, 1.807) is 5.56 Å². The number of benzene rings is 6. The molecule has 0 bridgehead atoms. The van der Waals surface area contributed by atoms with E-state index in [4.69, 9.17) is 0 Å². The fourth-order valence-electron chi connectivity index (χ4n) is 7.52. The average molecular weight is 779 g/mol. The molecule has 0 amide bonds. The van der Waals surface area contributed by atoms with E-state index >= 15 is 0 Å². The van der Waals surface area contributed by atoms with Crippen LogP contribution < -0.4 is 0 Å². The van der Waals surface area contributed by atoms with Crippen molar-refractivity contribution in [3.63, 3.8) is 0 Å². The van der Waals surface area contributed by atoms with E-state index < -0.39 is 0 Å². The third-order valence-electron chi connectivity index (χ3n) is 11.1. The van der Waals surface area contributed by atoms with Crippen molar-refractivity contribution in [1.82, 2.24) is 0 Å². The smallest absolute Gasteiger partial charge is 0.0140 e. The van der Waals surface area contributed by atoms with Gasteiger partial charge in [-0.3, -0.25) is 0 Å². The van der Waals surface area contributed by atoms with Crippen LogP contribution in [0.2, 0.25) is 0 Å². The van der Waals surface area contributed by atoms with Gasteiger partial charge in [0.05, 0.1) is 0 Å². The van der Waals surface area contributed by atoms with Gasteiger partial charge < -0.3 is 0 Å². The first-order chi connectivity index (χ1) is 28.7. The molecular weight excluding hydrogens is 709 g/mol. The van der Waals surface area contributed by atoms with Gasteiger partial charge in [0.15, 0.2) is 0 Å². The van der Waals surface area contributed by atoms with Crippen LogP contribution in [0.1, 0.15) is 125 Å². The monoisotopic (exact) mass is 779 g/mol. The third kappa shape index (κ3) is 12.8. The molecule has 8 rings (SSSR count). The van der Waals surface area contributed by atoms with Crippen LogP contribution in [-0.2, 0) is 0 Å². The predicted molar refractivity (Wildman–Crippen MR) is 263 cm³/mol. The Morgan fingerprint density at radius 2 is 1.00 bits per heavy atom. The fraction of sp³-hybridized carbons (Fsp3) is 0.288. The largest absolute Gasteiger partial charge is 0.0805 e. The maximum atomic E-state index is 2.34. The van der Waals surface area contributed by atoms with Gasteiger partial charge in [-0.2, -0.15) is 0 Å². The van der Waals surface area contributed by atoms with Crippen molar-refractivity contribution in [1.29, 1.82) is 0 Å². The van der Waals surface area contributed by atoms with E-state index in [2.05, 4.69) is 194 Å². The highest BCUT2D eigenvalue weighted by molar-refractivity contribution is 5.83. The molecule has 1 saturated carbocycles. The quantitative estimate of drug-likeness (QED) is 0.158. The van der Waals surface area contributed by atoms with Gasteiger partial charge in [0, 0.05) is 0 Å². The molecule has 0 N–H and O–H groups in total. The summed E-state index contributed by atoms with van der Waals surface area (Å²) in [5.74, 6) is 1.28. The van der Waals surface area contributed by atoms with Crippen LogP contribution in [0.4, 0.5) is 0 Å². The lowest BCUT2D eigenvalue weighted by atomic mass is 9.74. The van der Waals surface area contributed by atoms with Crippen molar-refractivity contribution in [3.05, 3.63) is 208 Å². The molecule has 0 atom stereocenters. The Balaban J connectivity index is 0.000000209. The van der Waals surface area contributed by atoms with Crippen molar-refractivity contribution >= 4 is 5.57 Å². The molecule has 0 radical (unpaired) electrons.